The van der Waals surface area contributed by atoms with Crippen LogP contribution < -0.4 is 16.8 Å². The number of hydrogen-bond acceptors (Lipinski definition) is 7. The highest BCUT2D eigenvalue weighted by atomic mass is 16.7. The monoisotopic (exact) mass is 480 g/mol. The number of carbonyl (C=O) groups is 3. The van der Waals surface area contributed by atoms with Crippen LogP contribution in [0.15, 0.2) is 16.6 Å². The van der Waals surface area contributed by atoms with Crippen molar-refractivity contribution in [2.75, 3.05) is 0 Å². The fraction of sp³-hybridized carbons (Fsp3) is 0.750. The molecule has 2 rings (SSSR count). The number of rotatable bonds is 11. The molecule has 192 valence electrons. The van der Waals surface area contributed by atoms with Crippen LogP contribution in [0.25, 0.3) is 0 Å². The summed E-state index contributed by atoms with van der Waals surface area (Å²) in [7, 11) is 0. The smallest absolute Gasteiger partial charge is 0.337 e. The number of aliphatic imine (C=N–C) groups is 1. The molecule has 0 saturated heterocycles. The van der Waals surface area contributed by atoms with Crippen molar-refractivity contribution in [1.82, 2.24) is 5.32 Å². The molecule has 0 bridgehead atoms. The molecular weight excluding hydrogens is 440 g/mol. The molecule has 2 aliphatic carbocycles. The van der Waals surface area contributed by atoms with E-state index in [-0.39, 0.29) is 36.2 Å². The largest absolute Gasteiger partial charge is 0.422 e. The van der Waals surface area contributed by atoms with Crippen molar-refractivity contribution in [2.45, 2.75) is 104 Å². The number of ether oxygens (including phenoxy) is 3. The molecule has 1 saturated carbocycles. The van der Waals surface area contributed by atoms with Gasteiger partial charge in [0.15, 0.2) is 5.96 Å². The molecule has 0 aromatic rings. The molecule has 2 aliphatic rings. The zero-order valence-corrected chi connectivity index (χ0v) is 21.1. The Morgan fingerprint density at radius 1 is 1.15 bits per heavy atom. The van der Waals surface area contributed by atoms with Gasteiger partial charge in [0, 0.05) is 31.8 Å². The fourth-order valence-electron chi connectivity index (χ4n) is 3.76. The predicted molar refractivity (Wildman–Crippen MR) is 127 cm³/mol. The minimum absolute atomic E-state index is 0.0824. The lowest BCUT2D eigenvalue weighted by Crippen LogP contribution is -2.54. The molecule has 0 radical (unpaired) electrons. The van der Waals surface area contributed by atoms with Crippen molar-refractivity contribution >= 4 is 23.8 Å². The summed E-state index contributed by atoms with van der Waals surface area (Å²) in [5, 5.41) is 2.86. The van der Waals surface area contributed by atoms with E-state index in [2.05, 4.69) is 10.3 Å². The fourth-order valence-corrected chi connectivity index (χ4v) is 3.76. The Kier molecular flexibility index (Phi) is 9.49. The summed E-state index contributed by atoms with van der Waals surface area (Å²) < 4.78 is 17.4. The van der Waals surface area contributed by atoms with Gasteiger partial charge in [-0.1, -0.05) is 34.6 Å². The number of nitrogens with two attached hydrogens (primary N) is 2. The van der Waals surface area contributed by atoms with E-state index in [0.29, 0.717) is 18.4 Å². The Labute approximate surface area is 201 Å². The third kappa shape index (κ3) is 7.44. The molecule has 0 aromatic carbocycles. The van der Waals surface area contributed by atoms with Crippen LogP contribution in [-0.4, -0.2) is 53.9 Å². The van der Waals surface area contributed by atoms with Crippen LogP contribution in [0.5, 0.6) is 0 Å². The SMILES string of the molecule is CCC(CC)O[C@@H]1C=C(C(=O)OC2(OC(=O)[C@H](C)C(C)C)CC2)C[C@H](N=C(N)N)[C@H]1NC(C)=O. The van der Waals surface area contributed by atoms with E-state index in [1.807, 2.05) is 27.7 Å². The first-order chi connectivity index (χ1) is 15.9. The number of carbonyl (C=O) groups excluding carboxylic acids is 3. The number of esters is 2. The highest BCUT2D eigenvalue weighted by Gasteiger charge is 2.53. The first-order valence-electron chi connectivity index (χ1n) is 12.1. The number of nitrogens with one attached hydrogen (secondary N) is 1. The topological polar surface area (TPSA) is 155 Å². The molecule has 1 fully saturated rings. The van der Waals surface area contributed by atoms with E-state index in [9.17, 15) is 14.4 Å². The van der Waals surface area contributed by atoms with Gasteiger partial charge in [-0.25, -0.2) is 9.79 Å². The van der Waals surface area contributed by atoms with Gasteiger partial charge < -0.3 is 31.0 Å². The van der Waals surface area contributed by atoms with E-state index in [1.54, 1.807) is 13.0 Å². The molecule has 0 unspecified atom stereocenters. The Hall–Kier alpha value is -2.62. The van der Waals surface area contributed by atoms with Gasteiger partial charge >= 0.3 is 11.9 Å². The first kappa shape index (κ1) is 27.6. The number of hydrogen-bond donors (Lipinski definition) is 3. The average Bonchev–Trinajstić information content (AvgIpc) is 3.50. The quantitative estimate of drug-likeness (QED) is 0.175. The van der Waals surface area contributed by atoms with Crippen molar-refractivity contribution in [3.63, 3.8) is 0 Å². The van der Waals surface area contributed by atoms with Gasteiger partial charge in [0.2, 0.25) is 5.91 Å². The Bertz CT molecular complexity index is 812. The molecule has 1 amide bonds. The van der Waals surface area contributed by atoms with E-state index in [0.717, 1.165) is 12.8 Å². The highest BCUT2D eigenvalue weighted by molar-refractivity contribution is 5.90. The summed E-state index contributed by atoms with van der Waals surface area (Å²) in [5.74, 6) is -2.87. The van der Waals surface area contributed by atoms with Gasteiger partial charge in [0.1, 0.15) is 0 Å². The third-order valence-corrected chi connectivity index (χ3v) is 6.37. The summed E-state index contributed by atoms with van der Waals surface area (Å²) in [6.45, 7) is 11.0. The lowest BCUT2D eigenvalue weighted by atomic mass is 9.87. The van der Waals surface area contributed by atoms with Crippen molar-refractivity contribution in [2.24, 2.45) is 28.3 Å². The Balaban J connectivity index is 2.28. The number of amides is 1. The Morgan fingerprint density at radius 2 is 1.76 bits per heavy atom. The lowest BCUT2D eigenvalue weighted by molar-refractivity contribution is -0.197. The van der Waals surface area contributed by atoms with E-state index in [4.69, 9.17) is 25.7 Å². The van der Waals surface area contributed by atoms with Crippen LogP contribution in [0.2, 0.25) is 0 Å². The van der Waals surface area contributed by atoms with E-state index >= 15 is 0 Å². The van der Waals surface area contributed by atoms with Crippen molar-refractivity contribution in [3.8, 4) is 0 Å². The van der Waals surface area contributed by atoms with Crippen LogP contribution in [0.3, 0.4) is 0 Å². The summed E-state index contributed by atoms with van der Waals surface area (Å²) in [6, 6.07) is -1.18. The second kappa shape index (κ2) is 11.7. The Morgan fingerprint density at radius 3 is 2.24 bits per heavy atom. The predicted octanol–water partition coefficient (Wildman–Crippen LogP) is 1.91. The summed E-state index contributed by atoms with van der Waals surface area (Å²) in [5.41, 5.74) is 11.6. The first-order valence-corrected chi connectivity index (χ1v) is 12.1. The summed E-state index contributed by atoms with van der Waals surface area (Å²) in [6.07, 6.45) is 3.48. The van der Waals surface area contributed by atoms with E-state index in [1.165, 1.54) is 6.92 Å². The van der Waals surface area contributed by atoms with E-state index < -0.39 is 35.9 Å². The zero-order valence-electron chi connectivity index (χ0n) is 21.1. The van der Waals surface area contributed by atoms with Gasteiger partial charge in [0.25, 0.3) is 5.79 Å². The van der Waals surface area contributed by atoms with Crippen molar-refractivity contribution < 1.29 is 28.6 Å². The standard InChI is InChI=1S/C24H40N4O6/c1-7-17(8-2)32-19-12-16(11-18(28-23(25)26)20(19)27-15(6)29)22(31)34-24(9-10-24)33-21(30)14(5)13(3)4/h12-14,17-20H,7-11H2,1-6H3,(H,27,29)(H4,25,26,28)/t14-,18+,19-,20-/m1/s1. The van der Waals surface area contributed by atoms with Gasteiger partial charge in [0.05, 0.1) is 30.2 Å². The molecule has 4 atom stereocenters. The normalized spacial score (nSPS) is 24.1. The maximum absolute atomic E-state index is 13.1. The van der Waals surface area contributed by atoms with Gasteiger partial charge in [-0.3, -0.25) is 9.59 Å². The second-order valence-corrected chi connectivity index (χ2v) is 9.54. The van der Waals surface area contributed by atoms with Gasteiger partial charge in [-0.2, -0.15) is 0 Å². The highest BCUT2D eigenvalue weighted by Crippen LogP contribution is 2.43. The van der Waals surface area contributed by atoms with Crippen molar-refractivity contribution in [1.29, 1.82) is 0 Å². The molecule has 0 aromatic heterocycles. The van der Waals surface area contributed by atoms with Crippen molar-refractivity contribution in [3.05, 3.63) is 11.6 Å². The summed E-state index contributed by atoms with van der Waals surface area (Å²) in [4.78, 5) is 41.7. The second-order valence-electron chi connectivity index (χ2n) is 9.54. The van der Waals surface area contributed by atoms with Crippen LogP contribution in [-0.2, 0) is 28.6 Å². The molecule has 0 heterocycles. The summed E-state index contributed by atoms with van der Waals surface area (Å²) >= 11 is 0. The van der Waals surface area contributed by atoms with Crippen LogP contribution >= 0.6 is 0 Å². The third-order valence-electron chi connectivity index (χ3n) is 6.37. The molecule has 5 N–H and O–H groups in total. The molecule has 0 spiro atoms. The maximum atomic E-state index is 13.1. The number of guanidine groups is 1. The zero-order chi connectivity index (χ0) is 25.6. The molecule has 34 heavy (non-hydrogen) atoms. The molecule has 0 aliphatic heterocycles. The van der Waals surface area contributed by atoms with Gasteiger partial charge in [-0.15, -0.1) is 0 Å². The van der Waals surface area contributed by atoms with Crippen LogP contribution in [0.1, 0.15) is 73.6 Å². The molecule has 10 heteroatoms. The minimum Gasteiger partial charge on any atom is -0.422 e. The number of nitrogens with zero attached hydrogens (tertiary/aromatic N) is 1. The lowest BCUT2D eigenvalue weighted by Gasteiger charge is -2.36. The van der Waals surface area contributed by atoms with Gasteiger partial charge in [-0.05, 0) is 24.8 Å². The molecule has 10 nitrogen and oxygen atoms in total. The minimum atomic E-state index is -1.23. The van der Waals surface area contributed by atoms with Crippen LogP contribution in [0.4, 0.5) is 0 Å². The maximum Gasteiger partial charge on any atom is 0.337 e. The molecular formula is C24H40N4O6. The van der Waals surface area contributed by atoms with Crippen LogP contribution in [0, 0.1) is 11.8 Å². The average molecular weight is 481 g/mol.